The molecule has 0 saturated heterocycles. The van der Waals surface area contributed by atoms with Crippen LogP contribution in [0.15, 0.2) is 288 Å². The fourth-order valence-electron chi connectivity index (χ4n) is 20.9. The molecule has 13 aromatic rings. The molecule has 4 bridgehead atoms. The molecule has 0 amide bonds. The Hall–Kier alpha value is -7.81. The minimum Gasteiger partial charge on any atom is -1.00 e. The van der Waals surface area contributed by atoms with Crippen molar-refractivity contribution in [3.05, 3.63) is 366 Å². The van der Waals surface area contributed by atoms with Crippen LogP contribution in [0.4, 0.5) is 13.2 Å². The molecular formula is C118H135AlBr2ClCsF4LiNO14SSi. The van der Waals surface area contributed by atoms with Gasteiger partial charge in [-0.2, -0.15) is 21.6 Å². The number of ether oxygens (including phenoxy) is 4. The molecule has 0 aliphatic heterocycles. The summed E-state index contributed by atoms with van der Waals surface area (Å²) >= 11 is 12.3. The molecule has 13 aromatic carbocycles. The number of hydrogen-bond acceptors (Lipinski definition) is 15. The third-order valence-corrected chi connectivity index (χ3v) is 32.3. The van der Waals surface area contributed by atoms with Gasteiger partial charge < -0.3 is 44.4 Å². The molecule has 2 N–H and O–H groups in total. The molecule has 27 heteroatoms. The average Bonchev–Trinajstić information content (AvgIpc) is 1.54. The number of aliphatic hydroxyl groups excluding tert-OH is 2. The van der Waals surface area contributed by atoms with Crippen LogP contribution in [0.1, 0.15) is 199 Å². The second-order valence-corrected chi connectivity index (χ2v) is 45.3. The van der Waals surface area contributed by atoms with E-state index in [-0.39, 0.29) is 176 Å². The summed E-state index contributed by atoms with van der Waals surface area (Å²) in [7, 11) is -7.60. The normalized spacial score (nSPS) is 16.1. The maximum absolute atomic E-state index is 12.6. The Labute approximate surface area is 959 Å². The number of hydrogen-bond donors (Lipinski definition) is 2. The van der Waals surface area contributed by atoms with Gasteiger partial charge in [0.05, 0.1) is 34.5 Å². The van der Waals surface area contributed by atoms with E-state index in [4.69, 9.17) is 30.5 Å². The van der Waals surface area contributed by atoms with Gasteiger partial charge in [-0.05, 0) is 307 Å². The van der Waals surface area contributed by atoms with Crippen molar-refractivity contribution in [3.8, 4) is 5.75 Å². The fraction of sp³-hybridized carbons (Fsp3) is 0.347. The molecule has 4 atom stereocenters. The zero-order valence-corrected chi connectivity index (χ0v) is 97.1. The second-order valence-electron chi connectivity index (χ2n) is 36.8. The summed E-state index contributed by atoms with van der Waals surface area (Å²) in [4.78, 5) is 61.3. The van der Waals surface area contributed by atoms with Crippen LogP contribution in [0.25, 0.3) is 43.1 Å². The Morgan fingerprint density at radius 1 is 0.414 bits per heavy atom. The number of allylic oxidation sites excluding steroid dienone is 1. The molecule has 0 aromatic heterocycles. The van der Waals surface area contributed by atoms with E-state index < -0.39 is 28.9 Å². The molecule has 15 nitrogen and oxygen atoms in total. The first-order valence-corrected chi connectivity index (χ1v) is 55.8. The molecule has 4 aliphatic carbocycles. The van der Waals surface area contributed by atoms with Gasteiger partial charge in [-0.1, -0.05) is 308 Å². The third-order valence-electron chi connectivity index (χ3n) is 27.2. The minimum absolute atomic E-state index is 0. The van der Waals surface area contributed by atoms with E-state index >= 15 is 0 Å². The number of rotatable bonds is 29. The number of alkyl halides is 3. The maximum atomic E-state index is 12.6. The van der Waals surface area contributed by atoms with E-state index in [1.807, 2.05) is 71.6 Å². The number of nitrogens with zero attached hydrogens (tertiary/aromatic N) is 1. The Morgan fingerprint density at radius 2 is 0.648 bits per heavy atom. The number of fused-ring (bicyclic) bond motifs is 12. The van der Waals surface area contributed by atoms with Crippen LogP contribution < -0.4 is 102 Å². The van der Waals surface area contributed by atoms with Crippen molar-refractivity contribution in [1.29, 1.82) is 0 Å². The molecule has 17 rings (SSSR count). The van der Waals surface area contributed by atoms with Gasteiger partial charge in [0.15, 0.2) is 17.4 Å². The Bertz CT molecular complexity index is 6250. The second kappa shape index (κ2) is 58.0. The first-order valence-electron chi connectivity index (χ1n) is 48.9. The Balaban J connectivity index is 0.000000274. The fourth-order valence-corrected chi connectivity index (χ4v) is 24.3. The van der Waals surface area contributed by atoms with Crippen LogP contribution in [0.3, 0.4) is 0 Å². The zero-order valence-electron chi connectivity index (χ0n) is 86.1. The van der Waals surface area contributed by atoms with E-state index in [1.165, 1.54) is 129 Å². The SMILES string of the molecule is Brc1c2ccccc2c(Br)c2ccccc12.C=C(C)C(=O)Cl.CCN(CC)CC.CCOC(=O)CCC12Cc3ccccc3C(CCC(=O)OCC)(Cc3ccccc31)c1ccccc12.CCOC(=O)CCc1c2ccccc2c(CCC(=O)OCC)c2ccccc12.C[Si](C)(C)c1ccccc1OS(=O)(=O)C(F)(F)F.OCCCC12Cc3ccccc3C(CCCO)(Cc3ccccc31)c1ccccc12.[AlH3].[Cs+].[F-].[H-].[Li+]. The van der Waals surface area contributed by atoms with Crippen LogP contribution in [0.5, 0.6) is 5.75 Å². The van der Waals surface area contributed by atoms with Gasteiger partial charge in [-0.3, -0.25) is 24.0 Å². The average molecular weight is 2290 g/mol. The van der Waals surface area contributed by atoms with E-state index in [9.17, 15) is 55.8 Å². The summed E-state index contributed by atoms with van der Waals surface area (Å²) in [5.41, 5.74) is 12.5. The first-order chi connectivity index (χ1) is 67.7. The summed E-state index contributed by atoms with van der Waals surface area (Å²) < 4.78 is 86.2. The standard InChI is InChI=1S/C32H34O4.C28H30O2.C24H26O4.C14H8Br2.C10H13F3O3SSi.C6H15N.C4H5ClO.Al.Cs.FH.Li.4H/c1-3-35-29(33)17-19-31-21-23-11-6-8-14-26(23)32(20-18-30(34)36-4-2,28-16-10-9-15-27(28)31)22-24-12-5-7-13-25(24)31;29-17-7-15-27-19-21-9-1-3-11-23(21)28(16-8-18-30,26-14-6-5-13-25(26)27)20-22-10-2-4-12-24(22)27;1-3-27-23(25)15-13-21-17-9-5-7-11-19(17)22(14-16-24(26)28-4-2)20-12-8-6-10-18(20)21;15-13-9-5-1-2-6-10(9)14(16)12-8-4-3-7-11(12)13;1-18(2,3)9-7-5-4-6-8(9)16-17(14,15)10(11,12)13;1-4-7(5-2)6-3;1-3(2)4(5)6;;;;;;;;/h5-16H,3-4,17-22H2,1-2H3;1-6,9-14,29-30H,7-8,15-20H2;5-12H,3-4,13-16H2,1-2H3;1-8H;4-7H,1-3H3;4-6H2,1-3H3;1H2,2H3;;;1H;;;;;/q;;;;;;;;+1;;+1;;;;-1/p-1. The molecule has 4 unspecified atom stereocenters. The van der Waals surface area contributed by atoms with Gasteiger partial charge in [-0.15, -0.1) is 0 Å². The Morgan fingerprint density at radius 3 is 0.890 bits per heavy atom. The summed E-state index contributed by atoms with van der Waals surface area (Å²) in [6.45, 7) is 30.0. The summed E-state index contributed by atoms with van der Waals surface area (Å²) in [5, 5.41) is 29.1. The first kappa shape index (κ1) is 124. The van der Waals surface area contributed by atoms with Gasteiger partial charge in [0.25, 0.3) is 0 Å². The summed E-state index contributed by atoms with van der Waals surface area (Å²) in [6, 6.07) is 92.1. The molecular weight excluding hydrogens is 2150 g/mol. The van der Waals surface area contributed by atoms with E-state index in [0.717, 1.165) is 84.0 Å². The molecule has 0 fully saturated rings. The number of carbonyl (C=O) groups is 5. The number of para-hydroxylation sites is 1. The number of esters is 4. The molecule has 4 aliphatic rings. The molecule has 0 saturated carbocycles. The van der Waals surface area contributed by atoms with Gasteiger partial charge in [-0.25, -0.2) is 0 Å². The number of aryl methyl sites for hydroxylation is 2. The predicted octanol–water partition coefficient (Wildman–Crippen LogP) is 16.6. The van der Waals surface area contributed by atoms with Crippen molar-refractivity contribution in [1.82, 2.24) is 4.90 Å². The monoisotopic (exact) mass is 2290 g/mol. The molecule has 0 spiro atoms. The van der Waals surface area contributed by atoms with Crippen LogP contribution in [0, 0.1) is 0 Å². The minimum atomic E-state index is -5.61. The smallest absolute Gasteiger partial charge is 1.00 e. The van der Waals surface area contributed by atoms with E-state index in [0.29, 0.717) is 88.6 Å². The zero-order chi connectivity index (χ0) is 102. The third kappa shape index (κ3) is 29.7. The number of aliphatic hydroxyl groups is 2. The van der Waals surface area contributed by atoms with Crippen molar-refractivity contribution >= 4 is 156 Å². The van der Waals surface area contributed by atoms with Crippen molar-refractivity contribution in [2.45, 2.75) is 205 Å². The molecule has 760 valence electrons. The Kier molecular flexibility index (Phi) is 49.6. The predicted molar refractivity (Wildman–Crippen MR) is 584 cm³/mol. The summed E-state index contributed by atoms with van der Waals surface area (Å²) in [5.74, 6) is -0.910. The number of halogens is 7. The molecule has 0 radical (unpaired) electrons. The van der Waals surface area contributed by atoms with Crippen LogP contribution in [-0.2, 0) is 113 Å². The number of carbonyl (C=O) groups excluding carboxylic acids is 5. The van der Waals surface area contributed by atoms with Crippen molar-refractivity contribution < 1.29 is 173 Å². The van der Waals surface area contributed by atoms with Gasteiger partial charge in [0.1, 0.15) is 5.75 Å². The van der Waals surface area contributed by atoms with E-state index in [2.05, 4.69) is 287 Å². The van der Waals surface area contributed by atoms with Gasteiger partial charge >= 0.3 is 127 Å². The topological polar surface area (TPSA) is 209 Å². The largest absolute Gasteiger partial charge is 1.00 e. The van der Waals surface area contributed by atoms with Crippen molar-refractivity contribution in [2.24, 2.45) is 0 Å². The van der Waals surface area contributed by atoms with Crippen molar-refractivity contribution in [3.63, 3.8) is 0 Å². The summed E-state index contributed by atoms with van der Waals surface area (Å²) in [6.07, 6.45) is 11.0. The van der Waals surface area contributed by atoms with E-state index in [1.54, 1.807) is 19.1 Å². The van der Waals surface area contributed by atoms with Crippen molar-refractivity contribution in [2.75, 3.05) is 59.3 Å². The van der Waals surface area contributed by atoms with Crippen LogP contribution >= 0.6 is 43.5 Å². The van der Waals surface area contributed by atoms with Gasteiger partial charge in [0, 0.05) is 75.1 Å². The quantitative estimate of drug-likeness (QED) is 0.00514. The van der Waals surface area contributed by atoms with Crippen LogP contribution in [-0.4, -0.2) is 143 Å². The van der Waals surface area contributed by atoms with Gasteiger partial charge in [0.2, 0.25) is 5.24 Å². The van der Waals surface area contributed by atoms with Crippen LogP contribution in [0.2, 0.25) is 19.6 Å². The maximum Gasteiger partial charge on any atom is 1.00 e. The molecule has 145 heavy (non-hydrogen) atoms. The molecule has 0 heterocycles. The number of benzene rings is 13.